The van der Waals surface area contributed by atoms with E-state index in [9.17, 15) is 9.59 Å². The van der Waals surface area contributed by atoms with E-state index in [2.05, 4.69) is 15.6 Å². The highest BCUT2D eigenvalue weighted by Gasteiger charge is 2.44. The molecule has 1 aromatic carbocycles. The van der Waals surface area contributed by atoms with Crippen LogP contribution in [0.2, 0.25) is 0 Å². The summed E-state index contributed by atoms with van der Waals surface area (Å²) in [6, 6.07) is 9.96. The van der Waals surface area contributed by atoms with Crippen molar-refractivity contribution in [1.29, 1.82) is 0 Å². The number of benzene rings is 1. The highest BCUT2D eigenvalue weighted by molar-refractivity contribution is 5.90. The zero-order valence-corrected chi connectivity index (χ0v) is 16.5. The van der Waals surface area contributed by atoms with Gasteiger partial charge in [-0.05, 0) is 43.7 Å². The maximum absolute atomic E-state index is 13.6. The summed E-state index contributed by atoms with van der Waals surface area (Å²) >= 11 is 0. The molecule has 1 amide bonds. The smallest absolute Gasteiger partial charge is 0.358 e. The third-order valence-electron chi connectivity index (χ3n) is 6.03. The molecule has 8 nitrogen and oxygen atoms in total. The second-order valence-electron chi connectivity index (χ2n) is 8.17. The Morgan fingerprint density at radius 1 is 1.17 bits per heavy atom. The molecule has 0 bridgehead atoms. The van der Waals surface area contributed by atoms with Gasteiger partial charge in [-0.2, -0.15) is 0 Å². The third-order valence-corrected chi connectivity index (χ3v) is 6.03. The van der Waals surface area contributed by atoms with E-state index in [1.54, 1.807) is 4.68 Å². The molecule has 1 aliphatic carbocycles. The van der Waals surface area contributed by atoms with Gasteiger partial charge in [-0.1, -0.05) is 36.3 Å². The van der Waals surface area contributed by atoms with Crippen LogP contribution in [0.1, 0.15) is 49.0 Å². The summed E-state index contributed by atoms with van der Waals surface area (Å²) in [6.07, 6.45) is 7.21. The molecule has 29 heavy (non-hydrogen) atoms. The quantitative estimate of drug-likeness (QED) is 0.777. The first-order valence-electron chi connectivity index (χ1n) is 10.3. The third kappa shape index (κ3) is 4.26. The van der Waals surface area contributed by atoms with E-state index >= 15 is 0 Å². The Hall–Kier alpha value is -2.90. The summed E-state index contributed by atoms with van der Waals surface area (Å²) in [5, 5.41) is 20.2. The van der Waals surface area contributed by atoms with E-state index in [1.165, 1.54) is 6.20 Å². The number of para-hydroxylation sites is 1. The van der Waals surface area contributed by atoms with Gasteiger partial charge in [0.05, 0.1) is 6.20 Å². The molecule has 154 valence electrons. The van der Waals surface area contributed by atoms with Gasteiger partial charge in [0.25, 0.3) is 0 Å². The number of carboxylic acids is 1. The number of aromatic carboxylic acids is 1. The van der Waals surface area contributed by atoms with E-state index in [0.717, 1.165) is 50.8 Å². The normalized spacial score (nSPS) is 21.1. The van der Waals surface area contributed by atoms with E-state index in [1.807, 2.05) is 35.2 Å². The summed E-state index contributed by atoms with van der Waals surface area (Å²) in [5.74, 6) is -0.647. The average Bonchev–Trinajstić information content (AvgIpc) is 3.39. The van der Waals surface area contributed by atoms with E-state index < -0.39 is 11.5 Å². The lowest BCUT2D eigenvalue weighted by molar-refractivity contribution is -0.137. The highest BCUT2D eigenvalue weighted by Crippen LogP contribution is 2.36. The molecular weight excluding hydrogens is 370 g/mol. The second-order valence-corrected chi connectivity index (χ2v) is 8.17. The second kappa shape index (κ2) is 8.23. The SMILES string of the molecule is O=C(O)c1cn(C[C@H]2CCCN(C(=O)C3(Nc4ccccc4)CCCC3)C2)nn1. The van der Waals surface area contributed by atoms with Gasteiger partial charge in [0.15, 0.2) is 5.69 Å². The number of hydrogen-bond donors (Lipinski definition) is 2. The zero-order valence-electron chi connectivity index (χ0n) is 16.5. The lowest BCUT2D eigenvalue weighted by atomic mass is 9.91. The van der Waals surface area contributed by atoms with E-state index in [0.29, 0.717) is 13.1 Å². The fourth-order valence-electron chi connectivity index (χ4n) is 4.62. The number of nitrogens with one attached hydrogen (secondary N) is 1. The Bertz CT molecular complexity index is 860. The summed E-state index contributed by atoms with van der Waals surface area (Å²) < 4.78 is 1.58. The van der Waals surface area contributed by atoms with Gasteiger partial charge in [-0.3, -0.25) is 9.48 Å². The first-order valence-corrected chi connectivity index (χ1v) is 10.3. The van der Waals surface area contributed by atoms with Gasteiger partial charge in [0, 0.05) is 25.3 Å². The van der Waals surface area contributed by atoms with Crippen LogP contribution < -0.4 is 5.32 Å². The van der Waals surface area contributed by atoms with Gasteiger partial charge in [0.2, 0.25) is 5.91 Å². The first-order chi connectivity index (χ1) is 14.1. The van der Waals surface area contributed by atoms with Crippen molar-refractivity contribution >= 4 is 17.6 Å². The number of rotatable bonds is 6. The largest absolute Gasteiger partial charge is 0.476 e. The maximum Gasteiger partial charge on any atom is 0.358 e. The Labute approximate surface area is 169 Å². The molecule has 8 heteroatoms. The fraction of sp³-hybridized carbons (Fsp3) is 0.524. The van der Waals surface area contributed by atoms with Crippen LogP contribution in [0.4, 0.5) is 5.69 Å². The van der Waals surface area contributed by atoms with Gasteiger partial charge >= 0.3 is 5.97 Å². The Balaban J connectivity index is 1.44. The van der Waals surface area contributed by atoms with Crippen molar-refractivity contribution in [2.75, 3.05) is 18.4 Å². The van der Waals surface area contributed by atoms with Crippen LogP contribution in [-0.4, -0.2) is 55.5 Å². The number of aromatic nitrogens is 3. The Kier molecular flexibility index (Phi) is 5.51. The molecule has 1 saturated heterocycles. The average molecular weight is 397 g/mol. The van der Waals surface area contributed by atoms with E-state index in [-0.39, 0.29) is 17.5 Å². The molecule has 2 aromatic rings. The van der Waals surface area contributed by atoms with Crippen molar-refractivity contribution in [3.05, 3.63) is 42.2 Å². The lowest BCUT2D eigenvalue weighted by Gasteiger charge is -2.40. The molecule has 0 unspecified atom stereocenters. The molecule has 2 N–H and O–H groups in total. The monoisotopic (exact) mass is 397 g/mol. The number of carbonyl (C=O) groups excluding carboxylic acids is 1. The van der Waals surface area contributed by atoms with Crippen LogP contribution in [0.15, 0.2) is 36.5 Å². The summed E-state index contributed by atoms with van der Waals surface area (Å²) in [5.41, 5.74) is 0.415. The van der Waals surface area contributed by atoms with Crippen LogP contribution in [0.5, 0.6) is 0 Å². The minimum Gasteiger partial charge on any atom is -0.476 e. The summed E-state index contributed by atoms with van der Waals surface area (Å²) in [4.78, 5) is 26.6. The van der Waals surface area contributed by atoms with Gasteiger partial charge < -0.3 is 15.3 Å². The molecule has 1 atom stereocenters. The number of anilines is 1. The minimum atomic E-state index is -1.08. The number of nitrogens with zero attached hydrogens (tertiary/aromatic N) is 4. The van der Waals surface area contributed by atoms with Crippen molar-refractivity contribution < 1.29 is 14.7 Å². The van der Waals surface area contributed by atoms with Crippen molar-refractivity contribution in [3.63, 3.8) is 0 Å². The highest BCUT2D eigenvalue weighted by atomic mass is 16.4. The molecule has 1 aliphatic heterocycles. The lowest BCUT2D eigenvalue weighted by Crippen LogP contribution is -2.55. The molecule has 2 aliphatic rings. The predicted molar refractivity (Wildman–Crippen MR) is 108 cm³/mol. The van der Waals surface area contributed by atoms with E-state index in [4.69, 9.17) is 5.11 Å². The minimum absolute atomic E-state index is 0.0503. The summed E-state index contributed by atoms with van der Waals surface area (Å²) in [6.45, 7) is 2.01. The predicted octanol–water partition coefficient (Wildman–Crippen LogP) is 2.64. The number of hydrogen-bond acceptors (Lipinski definition) is 5. The van der Waals surface area contributed by atoms with Crippen molar-refractivity contribution in [1.82, 2.24) is 19.9 Å². The van der Waals surface area contributed by atoms with Crippen LogP contribution >= 0.6 is 0 Å². The molecule has 1 aromatic heterocycles. The van der Waals surface area contributed by atoms with Gasteiger partial charge in [0.1, 0.15) is 5.54 Å². The Morgan fingerprint density at radius 2 is 1.93 bits per heavy atom. The maximum atomic E-state index is 13.6. The number of carboxylic acid groups (broad SMARTS) is 1. The van der Waals surface area contributed by atoms with Gasteiger partial charge in [-0.15, -0.1) is 5.10 Å². The summed E-state index contributed by atoms with van der Waals surface area (Å²) in [7, 11) is 0. The number of piperidine rings is 1. The number of amides is 1. The van der Waals surface area contributed by atoms with Crippen LogP contribution in [0.3, 0.4) is 0 Å². The zero-order chi connectivity index (χ0) is 20.3. The van der Waals surface area contributed by atoms with Crippen molar-refractivity contribution in [3.8, 4) is 0 Å². The molecule has 2 heterocycles. The molecule has 0 radical (unpaired) electrons. The van der Waals surface area contributed by atoms with Gasteiger partial charge in [-0.25, -0.2) is 4.79 Å². The standard InChI is InChI=1S/C21H27N5O3/c27-19(28)18-15-26(24-23-18)14-16-7-6-12-25(13-16)20(29)21(10-4-5-11-21)22-17-8-2-1-3-9-17/h1-3,8-9,15-16,22H,4-7,10-14H2,(H,27,28)/t16-/m0/s1. The molecular formula is C21H27N5O3. The van der Waals surface area contributed by atoms with Crippen LogP contribution in [0.25, 0.3) is 0 Å². The molecule has 2 fully saturated rings. The number of likely N-dealkylation sites (tertiary alicyclic amines) is 1. The number of carbonyl (C=O) groups is 2. The van der Waals surface area contributed by atoms with Crippen molar-refractivity contribution in [2.24, 2.45) is 5.92 Å². The molecule has 4 rings (SSSR count). The molecule has 1 saturated carbocycles. The molecule has 0 spiro atoms. The van der Waals surface area contributed by atoms with Crippen molar-refractivity contribution in [2.45, 2.75) is 50.6 Å². The van der Waals surface area contributed by atoms with Crippen LogP contribution in [0, 0.1) is 5.92 Å². The van der Waals surface area contributed by atoms with Crippen LogP contribution in [-0.2, 0) is 11.3 Å². The topological polar surface area (TPSA) is 100 Å². The first kappa shape index (κ1) is 19.4. The fourth-order valence-corrected chi connectivity index (χ4v) is 4.62. The Morgan fingerprint density at radius 3 is 2.62 bits per heavy atom.